The Morgan fingerprint density at radius 2 is 1.65 bits per heavy atom. The van der Waals surface area contributed by atoms with Crippen LogP contribution < -0.4 is 9.62 Å². The number of anilines is 1. The van der Waals surface area contributed by atoms with E-state index in [0.717, 1.165) is 31.2 Å². The molecule has 2 aromatic carbocycles. The zero-order valence-electron chi connectivity index (χ0n) is 14.9. The lowest BCUT2D eigenvalue weighted by molar-refractivity contribution is -0.120. The topological polar surface area (TPSA) is 66.5 Å². The van der Waals surface area contributed by atoms with Crippen molar-refractivity contribution in [1.29, 1.82) is 0 Å². The van der Waals surface area contributed by atoms with Gasteiger partial charge in [0, 0.05) is 6.04 Å². The van der Waals surface area contributed by atoms with E-state index in [1.165, 1.54) is 4.31 Å². The Morgan fingerprint density at radius 3 is 2.31 bits per heavy atom. The second-order valence-electron chi connectivity index (χ2n) is 6.66. The molecule has 1 aliphatic carbocycles. The second kappa shape index (κ2) is 7.91. The Hall–Kier alpha value is -2.34. The summed E-state index contributed by atoms with van der Waals surface area (Å²) in [4.78, 5) is 12.7. The summed E-state index contributed by atoms with van der Waals surface area (Å²) in [7, 11) is -3.83. The van der Waals surface area contributed by atoms with Crippen molar-refractivity contribution in [3.8, 4) is 0 Å². The van der Waals surface area contributed by atoms with Gasteiger partial charge in [-0.05, 0) is 43.5 Å². The van der Waals surface area contributed by atoms with Crippen molar-refractivity contribution in [3.63, 3.8) is 0 Å². The fraction of sp³-hybridized carbons (Fsp3) is 0.350. The monoisotopic (exact) mass is 372 g/mol. The first-order valence-corrected chi connectivity index (χ1v) is 10.4. The summed E-state index contributed by atoms with van der Waals surface area (Å²) in [6.07, 6.45) is 4.13. The van der Waals surface area contributed by atoms with Crippen molar-refractivity contribution < 1.29 is 13.2 Å². The van der Waals surface area contributed by atoms with Gasteiger partial charge in [0.15, 0.2) is 0 Å². The minimum Gasteiger partial charge on any atom is -0.352 e. The van der Waals surface area contributed by atoms with Crippen LogP contribution >= 0.6 is 0 Å². The fourth-order valence-corrected chi connectivity index (χ4v) is 4.84. The van der Waals surface area contributed by atoms with Gasteiger partial charge in [-0.1, -0.05) is 49.2 Å². The number of benzene rings is 2. The first-order chi connectivity index (χ1) is 12.5. The molecule has 2 aromatic rings. The molecule has 26 heavy (non-hydrogen) atoms. The number of sulfonamides is 1. The molecule has 5 nitrogen and oxygen atoms in total. The number of hydrogen-bond donors (Lipinski definition) is 1. The van der Waals surface area contributed by atoms with E-state index in [1.54, 1.807) is 42.5 Å². The van der Waals surface area contributed by atoms with E-state index in [0.29, 0.717) is 5.69 Å². The molecule has 0 aliphatic heterocycles. The van der Waals surface area contributed by atoms with Gasteiger partial charge < -0.3 is 5.32 Å². The summed E-state index contributed by atoms with van der Waals surface area (Å²) in [6.45, 7) is 1.62. The van der Waals surface area contributed by atoms with E-state index in [-0.39, 0.29) is 23.4 Å². The Kier molecular flexibility index (Phi) is 5.61. The maximum absolute atomic E-state index is 13.2. The number of para-hydroxylation sites is 1. The van der Waals surface area contributed by atoms with E-state index in [9.17, 15) is 13.2 Å². The van der Waals surface area contributed by atoms with Gasteiger partial charge in [0.1, 0.15) is 6.54 Å². The summed E-state index contributed by atoms with van der Waals surface area (Å²) in [5.41, 5.74) is 1.33. The van der Waals surface area contributed by atoms with Crippen LogP contribution in [-0.4, -0.2) is 26.9 Å². The number of nitrogens with zero attached hydrogens (tertiary/aromatic N) is 1. The number of carbonyl (C=O) groups excluding carboxylic acids is 1. The molecular weight excluding hydrogens is 348 g/mol. The third-order valence-corrected chi connectivity index (χ3v) is 6.50. The zero-order chi connectivity index (χ0) is 18.6. The van der Waals surface area contributed by atoms with E-state index in [4.69, 9.17) is 0 Å². The van der Waals surface area contributed by atoms with Crippen LogP contribution in [0.15, 0.2) is 59.5 Å². The van der Waals surface area contributed by atoms with Crippen LogP contribution in [0.4, 0.5) is 5.69 Å². The van der Waals surface area contributed by atoms with Crippen LogP contribution in [0.3, 0.4) is 0 Å². The maximum Gasteiger partial charge on any atom is 0.264 e. The molecule has 0 radical (unpaired) electrons. The molecule has 1 amide bonds. The quantitative estimate of drug-likeness (QED) is 0.846. The number of amides is 1. The molecule has 0 heterocycles. The number of aryl methyl sites for hydroxylation is 1. The van der Waals surface area contributed by atoms with Gasteiger partial charge in [-0.25, -0.2) is 8.42 Å². The summed E-state index contributed by atoms with van der Waals surface area (Å²) in [5, 5.41) is 2.98. The van der Waals surface area contributed by atoms with Gasteiger partial charge >= 0.3 is 0 Å². The first-order valence-electron chi connectivity index (χ1n) is 8.91. The molecule has 1 N–H and O–H groups in total. The summed E-state index contributed by atoms with van der Waals surface area (Å²) >= 11 is 0. The summed E-state index contributed by atoms with van der Waals surface area (Å²) < 4.78 is 27.6. The molecule has 0 unspecified atom stereocenters. The summed E-state index contributed by atoms with van der Waals surface area (Å²) in [5.74, 6) is -0.264. The van der Waals surface area contributed by atoms with Crippen molar-refractivity contribution in [2.75, 3.05) is 10.8 Å². The predicted molar refractivity (Wildman–Crippen MR) is 103 cm³/mol. The lowest BCUT2D eigenvalue weighted by Crippen LogP contribution is -2.43. The Morgan fingerprint density at radius 1 is 1.04 bits per heavy atom. The van der Waals surface area contributed by atoms with Gasteiger partial charge in [-0.3, -0.25) is 9.10 Å². The van der Waals surface area contributed by atoms with Crippen LogP contribution in [-0.2, 0) is 14.8 Å². The van der Waals surface area contributed by atoms with Gasteiger partial charge in [0.25, 0.3) is 10.0 Å². The lowest BCUT2D eigenvalue weighted by atomic mass is 10.2. The van der Waals surface area contributed by atoms with Crippen molar-refractivity contribution in [3.05, 3.63) is 60.2 Å². The van der Waals surface area contributed by atoms with Gasteiger partial charge in [-0.2, -0.15) is 0 Å². The number of rotatable bonds is 6. The number of nitrogens with one attached hydrogen (secondary N) is 1. The third kappa shape index (κ3) is 4.07. The Bertz CT molecular complexity index is 860. The van der Waals surface area contributed by atoms with E-state index >= 15 is 0 Å². The Labute approximate surface area is 155 Å². The number of carbonyl (C=O) groups is 1. The van der Waals surface area contributed by atoms with Crippen molar-refractivity contribution in [2.24, 2.45) is 0 Å². The smallest absolute Gasteiger partial charge is 0.264 e. The van der Waals surface area contributed by atoms with Crippen LogP contribution in [0.2, 0.25) is 0 Å². The molecule has 0 saturated heterocycles. The van der Waals surface area contributed by atoms with E-state index < -0.39 is 10.0 Å². The molecule has 0 atom stereocenters. The van der Waals surface area contributed by atoms with Crippen LogP contribution in [0.1, 0.15) is 31.2 Å². The second-order valence-corrected chi connectivity index (χ2v) is 8.52. The molecule has 1 aliphatic rings. The fourth-order valence-electron chi connectivity index (χ4n) is 3.34. The van der Waals surface area contributed by atoms with Gasteiger partial charge in [0.05, 0.1) is 10.6 Å². The minimum absolute atomic E-state index is 0.153. The summed E-state index contributed by atoms with van der Waals surface area (Å²) in [6, 6.07) is 15.6. The molecule has 1 fully saturated rings. The lowest BCUT2D eigenvalue weighted by Gasteiger charge is -2.26. The van der Waals surface area contributed by atoms with Crippen molar-refractivity contribution in [2.45, 2.75) is 43.5 Å². The average Bonchev–Trinajstić information content (AvgIpc) is 3.14. The molecule has 0 spiro atoms. The highest BCUT2D eigenvalue weighted by Crippen LogP contribution is 2.26. The van der Waals surface area contributed by atoms with Crippen LogP contribution in [0.25, 0.3) is 0 Å². The maximum atomic E-state index is 13.2. The molecule has 1 saturated carbocycles. The molecule has 138 valence electrons. The highest BCUT2D eigenvalue weighted by molar-refractivity contribution is 7.92. The highest BCUT2D eigenvalue weighted by atomic mass is 32.2. The van der Waals surface area contributed by atoms with Gasteiger partial charge in [0.2, 0.25) is 5.91 Å². The predicted octanol–water partition coefficient (Wildman–Crippen LogP) is 3.25. The molecule has 6 heteroatoms. The highest BCUT2D eigenvalue weighted by Gasteiger charge is 2.29. The standard InChI is InChI=1S/C20H24N2O3S/c1-16-9-5-8-14-19(16)22(15-20(23)21-17-10-6-7-11-17)26(24,25)18-12-3-2-4-13-18/h2-5,8-9,12-14,17H,6-7,10-11,15H2,1H3,(H,21,23). The Balaban J connectivity index is 1.92. The van der Waals surface area contributed by atoms with Crippen LogP contribution in [0, 0.1) is 6.92 Å². The normalized spacial score (nSPS) is 15.0. The van der Waals surface area contributed by atoms with Gasteiger partial charge in [-0.15, -0.1) is 0 Å². The molecular formula is C20H24N2O3S. The average molecular weight is 372 g/mol. The van der Waals surface area contributed by atoms with Crippen LogP contribution in [0.5, 0.6) is 0 Å². The molecule has 0 aromatic heterocycles. The largest absolute Gasteiger partial charge is 0.352 e. The SMILES string of the molecule is Cc1ccccc1N(CC(=O)NC1CCCC1)S(=O)(=O)c1ccccc1. The van der Waals surface area contributed by atoms with E-state index in [2.05, 4.69) is 5.32 Å². The first kappa shape index (κ1) is 18.5. The van der Waals surface area contributed by atoms with E-state index in [1.807, 2.05) is 19.1 Å². The minimum atomic E-state index is -3.83. The molecule has 3 rings (SSSR count). The molecule has 0 bridgehead atoms. The van der Waals surface area contributed by atoms with Crippen molar-refractivity contribution in [1.82, 2.24) is 5.32 Å². The van der Waals surface area contributed by atoms with Crippen molar-refractivity contribution >= 4 is 21.6 Å². The zero-order valence-corrected chi connectivity index (χ0v) is 15.7. The number of hydrogen-bond acceptors (Lipinski definition) is 3. The third-order valence-electron chi connectivity index (χ3n) is 4.72.